The zero-order chi connectivity index (χ0) is 20.4. The molecule has 1 heterocycles. The summed E-state index contributed by atoms with van der Waals surface area (Å²) in [6.07, 6.45) is 0. The summed E-state index contributed by atoms with van der Waals surface area (Å²) in [5.74, 6) is -2.51. The summed E-state index contributed by atoms with van der Waals surface area (Å²) in [7, 11) is 0. The van der Waals surface area contributed by atoms with Gasteiger partial charge in [-0.2, -0.15) is 4.39 Å². The number of esters is 2. The van der Waals surface area contributed by atoms with Crippen molar-refractivity contribution in [2.45, 2.75) is 46.1 Å². The number of rotatable bonds is 4. The van der Waals surface area contributed by atoms with Crippen LogP contribution in [0, 0.1) is 0 Å². The molecule has 0 aromatic heterocycles. The molecule has 0 saturated carbocycles. The van der Waals surface area contributed by atoms with Gasteiger partial charge in [-0.25, -0.2) is 9.59 Å². The van der Waals surface area contributed by atoms with Gasteiger partial charge in [-0.1, -0.05) is 28.1 Å². The van der Waals surface area contributed by atoms with Crippen molar-refractivity contribution in [3.8, 4) is 0 Å². The Labute approximate surface area is 166 Å². The van der Waals surface area contributed by atoms with Gasteiger partial charge in [0.2, 0.25) is 0 Å². The van der Waals surface area contributed by atoms with E-state index in [9.17, 15) is 14.0 Å². The number of hydrogen-bond acceptors (Lipinski definition) is 5. The first kappa shape index (κ1) is 21.2. The molecule has 27 heavy (non-hydrogen) atoms. The second-order valence-corrected chi connectivity index (χ2v) is 7.88. The minimum atomic E-state index is -1.08. The summed E-state index contributed by atoms with van der Waals surface area (Å²) in [4.78, 5) is 25.3. The summed E-state index contributed by atoms with van der Waals surface area (Å²) in [6, 6.07) is 5.81. The third-order valence-electron chi connectivity index (χ3n) is 3.73. The van der Waals surface area contributed by atoms with Crippen LogP contribution in [0.1, 0.15) is 46.1 Å². The van der Waals surface area contributed by atoms with Crippen molar-refractivity contribution >= 4 is 27.9 Å². The molecule has 0 amide bonds. The van der Waals surface area contributed by atoms with Crippen molar-refractivity contribution in [2.75, 3.05) is 6.61 Å². The predicted octanol–water partition coefficient (Wildman–Crippen LogP) is 4.92. The molecule has 7 heteroatoms. The largest absolute Gasteiger partial charge is 0.462 e. The molecule has 0 saturated heterocycles. The van der Waals surface area contributed by atoms with E-state index in [1.807, 2.05) is 0 Å². The van der Waals surface area contributed by atoms with Gasteiger partial charge in [-0.05, 0) is 52.3 Å². The molecule has 0 radical (unpaired) electrons. The van der Waals surface area contributed by atoms with Gasteiger partial charge >= 0.3 is 11.9 Å². The number of benzene rings is 1. The van der Waals surface area contributed by atoms with Crippen LogP contribution in [-0.2, 0) is 23.8 Å². The molecule has 1 aliphatic rings. The van der Waals surface area contributed by atoms with Crippen molar-refractivity contribution in [1.29, 1.82) is 0 Å². The van der Waals surface area contributed by atoms with Crippen molar-refractivity contribution in [1.82, 2.24) is 0 Å². The average Bonchev–Trinajstić information content (AvgIpc) is 2.53. The lowest BCUT2D eigenvalue weighted by Crippen LogP contribution is -2.31. The lowest BCUT2D eigenvalue weighted by Gasteiger charge is -2.29. The minimum absolute atomic E-state index is 0.0442. The standard InChI is InChI=1S/C20H22BrFO5/c1-6-25-18(23)16-15(12-7-9-13(21)10-8-12)14(11(2)26-17(16)22)19(24)27-20(3,4)5/h7-10,15H,6H2,1-5H3. The fourth-order valence-electron chi connectivity index (χ4n) is 2.70. The highest BCUT2D eigenvalue weighted by atomic mass is 79.9. The lowest BCUT2D eigenvalue weighted by atomic mass is 9.83. The van der Waals surface area contributed by atoms with Gasteiger partial charge in [0.05, 0.1) is 18.1 Å². The van der Waals surface area contributed by atoms with Crippen LogP contribution in [0.25, 0.3) is 0 Å². The van der Waals surface area contributed by atoms with E-state index < -0.39 is 29.5 Å². The van der Waals surface area contributed by atoms with Gasteiger partial charge in [0, 0.05) is 4.47 Å². The third-order valence-corrected chi connectivity index (χ3v) is 4.26. The normalized spacial score (nSPS) is 17.5. The first-order valence-corrected chi connectivity index (χ1v) is 9.28. The predicted molar refractivity (Wildman–Crippen MR) is 101 cm³/mol. The fourth-order valence-corrected chi connectivity index (χ4v) is 2.96. The van der Waals surface area contributed by atoms with Crippen molar-refractivity contribution in [3.05, 3.63) is 57.2 Å². The molecule has 146 valence electrons. The molecule has 1 atom stereocenters. The zero-order valence-electron chi connectivity index (χ0n) is 15.9. The monoisotopic (exact) mass is 440 g/mol. The van der Waals surface area contributed by atoms with Gasteiger partial charge in [0.25, 0.3) is 6.01 Å². The molecule has 5 nitrogen and oxygen atoms in total. The molecular formula is C20H22BrFO5. The van der Waals surface area contributed by atoms with Crippen molar-refractivity contribution in [2.24, 2.45) is 0 Å². The van der Waals surface area contributed by atoms with E-state index in [4.69, 9.17) is 14.2 Å². The highest BCUT2D eigenvalue weighted by Crippen LogP contribution is 2.42. The van der Waals surface area contributed by atoms with E-state index in [-0.39, 0.29) is 23.5 Å². The number of hydrogen-bond donors (Lipinski definition) is 0. The smallest absolute Gasteiger partial charge is 0.341 e. The van der Waals surface area contributed by atoms with Gasteiger partial charge in [-0.15, -0.1) is 0 Å². The molecule has 0 N–H and O–H groups in total. The van der Waals surface area contributed by atoms with Crippen LogP contribution in [0.2, 0.25) is 0 Å². The number of halogens is 2. The first-order chi connectivity index (χ1) is 12.5. The molecule has 1 aromatic carbocycles. The molecule has 1 aliphatic heterocycles. The van der Waals surface area contributed by atoms with Crippen LogP contribution in [0.4, 0.5) is 4.39 Å². The van der Waals surface area contributed by atoms with Gasteiger partial charge < -0.3 is 14.2 Å². The van der Waals surface area contributed by atoms with Gasteiger partial charge in [-0.3, -0.25) is 0 Å². The van der Waals surface area contributed by atoms with Gasteiger partial charge in [0.1, 0.15) is 16.9 Å². The highest BCUT2D eigenvalue weighted by Gasteiger charge is 2.41. The van der Waals surface area contributed by atoms with Crippen LogP contribution in [0.5, 0.6) is 0 Å². The van der Waals surface area contributed by atoms with E-state index in [2.05, 4.69) is 15.9 Å². The molecule has 1 aromatic rings. The van der Waals surface area contributed by atoms with E-state index in [0.29, 0.717) is 5.56 Å². The summed E-state index contributed by atoms with van der Waals surface area (Å²) in [6.45, 7) is 8.32. The Morgan fingerprint density at radius 3 is 2.26 bits per heavy atom. The molecule has 0 aliphatic carbocycles. The highest BCUT2D eigenvalue weighted by molar-refractivity contribution is 9.10. The maximum atomic E-state index is 14.6. The Kier molecular flexibility index (Phi) is 6.46. The Hall–Kier alpha value is -2.15. The van der Waals surface area contributed by atoms with Crippen molar-refractivity contribution < 1.29 is 28.2 Å². The summed E-state index contributed by atoms with van der Waals surface area (Å²) in [5, 5.41) is 0. The molecule has 2 rings (SSSR count). The first-order valence-electron chi connectivity index (χ1n) is 8.49. The van der Waals surface area contributed by atoms with E-state index in [1.165, 1.54) is 6.92 Å². The minimum Gasteiger partial charge on any atom is -0.462 e. The maximum absolute atomic E-state index is 14.6. The summed E-state index contributed by atoms with van der Waals surface area (Å²) < 4.78 is 31.0. The second-order valence-electron chi connectivity index (χ2n) is 6.97. The summed E-state index contributed by atoms with van der Waals surface area (Å²) in [5.41, 5.74) is -0.513. The molecule has 0 fully saturated rings. The average molecular weight is 441 g/mol. The lowest BCUT2D eigenvalue weighted by molar-refractivity contribution is -0.150. The maximum Gasteiger partial charge on any atom is 0.341 e. The molecule has 0 bridgehead atoms. The third kappa shape index (κ3) is 4.97. The van der Waals surface area contributed by atoms with E-state index >= 15 is 0 Å². The van der Waals surface area contributed by atoms with E-state index in [1.54, 1.807) is 52.0 Å². The Morgan fingerprint density at radius 1 is 1.15 bits per heavy atom. The van der Waals surface area contributed by atoms with Crippen LogP contribution >= 0.6 is 15.9 Å². The molecule has 1 unspecified atom stereocenters. The number of carbonyl (C=O) groups excluding carboxylic acids is 2. The van der Waals surface area contributed by atoms with Crippen LogP contribution in [-0.4, -0.2) is 24.1 Å². The molecule has 0 spiro atoms. The number of ether oxygens (including phenoxy) is 3. The SMILES string of the molecule is CCOC(=O)C1=C(F)OC(C)=C(C(=O)OC(C)(C)C)C1c1ccc(Br)cc1. The Balaban J connectivity index is 2.61. The Morgan fingerprint density at radius 2 is 1.74 bits per heavy atom. The van der Waals surface area contributed by atoms with Crippen molar-refractivity contribution in [3.63, 3.8) is 0 Å². The zero-order valence-corrected chi connectivity index (χ0v) is 17.5. The second kappa shape index (κ2) is 8.25. The Bertz CT molecular complexity index is 803. The van der Waals surface area contributed by atoms with Gasteiger partial charge in [0.15, 0.2) is 0 Å². The van der Waals surface area contributed by atoms with Crippen LogP contribution in [0.3, 0.4) is 0 Å². The topological polar surface area (TPSA) is 61.8 Å². The van der Waals surface area contributed by atoms with Crippen LogP contribution in [0.15, 0.2) is 51.7 Å². The molecular weight excluding hydrogens is 419 g/mol. The van der Waals surface area contributed by atoms with E-state index in [0.717, 1.165) is 4.47 Å². The fraction of sp³-hybridized carbons (Fsp3) is 0.400. The summed E-state index contributed by atoms with van der Waals surface area (Å²) >= 11 is 3.34. The quantitative estimate of drug-likeness (QED) is 0.621. The number of allylic oxidation sites excluding steroid dienone is 1. The van der Waals surface area contributed by atoms with Crippen LogP contribution < -0.4 is 0 Å². The number of carbonyl (C=O) groups is 2.